The van der Waals surface area contributed by atoms with Gasteiger partial charge in [-0.1, -0.05) is 12.1 Å². The molecular formula is C17H28N2O2S. The highest BCUT2D eigenvalue weighted by atomic mass is 32.2. The number of rotatable bonds is 6. The lowest BCUT2D eigenvalue weighted by Crippen LogP contribution is -2.29. The zero-order valence-corrected chi connectivity index (χ0v) is 14.5. The van der Waals surface area contributed by atoms with Gasteiger partial charge in [-0.15, -0.1) is 0 Å². The molecule has 0 radical (unpaired) electrons. The highest BCUT2D eigenvalue weighted by Gasteiger charge is 2.19. The lowest BCUT2D eigenvalue weighted by Gasteiger charge is -2.19. The van der Waals surface area contributed by atoms with Crippen LogP contribution in [-0.2, 0) is 16.3 Å². The van der Waals surface area contributed by atoms with E-state index in [-0.39, 0.29) is 5.25 Å². The number of nitrogens with zero attached hydrogens (tertiary/aromatic N) is 1. The van der Waals surface area contributed by atoms with Crippen LogP contribution in [0.5, 0.6) is 0 Å². The summed E-state index contributed by atoms with van der Waals surface area (Å²) in [5, 5.41) is 3.04. The summed E-state index contributed by atoms with van der Waals surface area (Å²) in [6.07, 6.45) is 3.22. The summed E-state index contributed by atoms with van der Waals surface area (Å²) in [6, 6.07) is 7.45. The summed E-state index contributed by atoms with van der Waals surface area (Å²) in [5.41, 5.74) is 1.12. The van der Waals surface area contributed by atoms with Gasteiger partial charge in [-0.2, -0.15) is 0 Å². The van der Waals surface area contributed by atoms with Gasteiger partial charge in [-0.25, -0.2) is 8.42 Å². The van der Waals surface area contributed by atoms with Gasteiger partial charge in [0.2, 0.25) is 0 Å². The van der Waals surface area contributed by atoms with Gasteiger partial charge in [-0.05, 0) is 70.4 Å². The third-order valence-electron chi connectivity index (χ3n) is 4.22. The van der Waals surface area contributed by atoms with E-state index in [1.165, 1.54) is 6.42 Å². The highest BCUT2D eigenvalue weighted by molar-refractivity contribution is 7.92. The largest absolute Gasteiger partial charge is 0.315 e. The predicted molar refractivity (Wildman–Crippen MR) is 91.0 cm³/mol. The van der Waals surface area contributed by atoms with E-state index in [0.29, 0.717) is 4.90 Å². The monoisotopic (exact) mass is 324 g/mol. The lowest BCUT2D eigenvalue weighted by atomic mass is 10.1. The van der Waals surface area contributed by atoms with Crippen molar-refractivity contribution in [3.63, 3.8) is 0 Å². The summed E-state index contributed by atoms with van der Waals surface area (Å²) in [7, 11) is -3.17. The van der Waals surface area contributed by atoms with Crippen molar-refractivity contribution < 1.29 is 8.42 Å². The zero-order valence-electron chi connectivity index (χ0n) is 13.7. The molecule has 0 aliphatic carbocycles. The first kappa shape index (κ1) is 17.4. The summed E-state index contributed by atoms with van der Waals surface area (Å²) in [4.78, 5) is 2.95. The molecule has 0 atom stereocenters. The van der Waals surface area contributed by atoms with Crippen LogP contribution >= 0.6 is 0 Å². The van der Waals surface area contributed by atoms with E-state index >= 15 is 0 Å². The van der Waals surface area contributed by atoms with Crippen molar-refractivity contribution in [1.29, 1.82) is 0 Å². The number of aryl methyl sites for hydroxylation is 1. The van der Waals surface area contributed by atoms with Crippen LogP contribution in [0.25, 0.3) is 0 Å². The van der Waals surface area contributed by atoms with E-state index in [1.807, 2.05) is 18.2 Å². The minimum Gasteiger partial charge on any atom is -0.315 e. The van der Waals surface area contributed by atoms with Crippen molar-refractivity contribution in [3.8, 4) is 0 Å². The predicted octanol–water partition coefficient (Wildman–Crippen LogP) is 2.10. The molecule has 124 valence electrons. The molecule has 22 heavy (non-hydrogen) atoms. The topological polar surface area (TPSA) is 49.4 Å². The fourth-order valence-electron chi connectivity index (χ4n) is 2.78. The third kappa shape index (κ3) is 4.80. The maximum atomic E-state index is 12.2. The molecule has 0 aromatic heterocycles. The molecular weight excluding hydrogens is 296 g/mol. The van der Waals surface area contributed by atoms with E-state index in [2.05, 4.69) is 10.2 Å². The van der Waals surface area contributed by atoms with Gasteiger partial charge in [0, 0.05) is 13.1 Å². The smallest absolute Gasteiger partial charge is 0.180 e. The molecule has 0 saturated carbocycles. The van der Waals surface area contributed by atoms with Crippen LogP contribution in [0.15, 0.2) is 29.2 Å². The minimum absolute atomic E-state index is 0.368. The molecule has 1 aliphatic rings. The summed E-state index contributed by atoms with van der Waals surface area (Å²) >= 11 is 0. The lowest BCUT2D eigenvalue weighted by molar-refractivity contribution is 0.289. The summed E-state index contributed by atoms with van der Waals surface area (Å²) < 4.78 is 24.5. The van der Waals surface area contributed by atoms with Crippen LogP contribution in [0.2, 0.25) is 0 Å². The number of hydrogen-bond acceptors (Lipinski definition) is 4. The van der Waals surface area contributed by atoms with Gasteiger partial charge in [-0.3, -0.25) is 0 Å². The maximum Gasteiger partial charge on any atom is 0.180 e. The minimum atomic E-state index is -3.17. The molecule has 1 aromatic rings. The molecule has 1 aromatic carbocycles. The normalized spacial score (nSPS) is 17.6. The fraction of sp³-hybridized carbons (Fsp3) is 0.647. The Bertz CT molecular complexity index is 562. The van der Waals surface area contributed by atoms with Crippen LogP contribution < -0.4 is 5.32 Å². The van der Waals surface area contributed by atoms with Crippen LogP contribution in [0.1, 0.15) is 32.3 Å². The third-order valence-corrected chi connectivity index (χ3v) is 6.37. The SMILES string of the molecule is CC(C)S(=O)(=O)c1cccc(CCCN2CCCNCC2)c1. The Morgan fingerprint density at radius 2 is 2.05 bits per heavy atom. The molecule has 5 heteroatoms. The van der Waals surface area contributed by atoms with Gasteiger partial charge in [0.15, 0.2) is 9.84 Å². The molecule has 0 unspecified atom stereocenters. The van der Waals surface area contributed by atoms with Gasteiger partial charge < -0.3 is 10.2 Å². The van der Waals surface area contributed by atoms with Crippen LogP contribution in [0.4, 0.5) is 0 Å². The Morgan fingerprint density at radius 3 is 2.82 bits per heavy atom. The van der Waals surface area contributed by atoms with E-state index in [0.717, 1.165) is 51.1 Å². The molecule has 1 saturated heterocycles. The van der Waals surface area contributed by atoms with Crippen molar-refractivity contribution in [2.45, 2.75) is 43.3 Å². The van der Waals surface area contributed by atoms with Crippen LogP contribution in [-0.4, -0.2) is 51.3 Å². The van der Waals surface area contributed by atoms with E-state index in [1.54, 1.807) is 19.9 Å². The first-order valence-corrected chi connectivity index (χ1v) is 9.80. The van der Waals surface area contributed by atoms with E-state index in [9.17, 15) is 8.42 Å². The van der Waals surface area contributed by atoms with Crippen LogP contribution in [0.3, 0.4) is 0 Å². The number of nitrogens with one attached hydrogen (secondary N) is 1. The second-order valence-corrected chi connectivity index (χ2v) is 8.79. The molecule has 1 N–H and O–H groups in total. The van der Waals surface area contributed by atoms with Crippen molar-refractivity contribution in [1.82, 2.24) is 10.2 Å². The first-order chi connectivity index (χ1) is 10.5. The molecule has 0 bridgehead atoms. The second-order valence-electron chi connectivity index (χ2n) is 6.29. The molecule has 0 spiro atoms. The van der Waals surface area contributed by atoms with Gasteiger partial charge in [0.05, 0.1) is 10.1 Å². The zero-order chi connectivity index (χ0) is 16.0. The Kier molecular flexibility index (Phi) is 6.41. The summed E-state index contributed by atoms with van der Waals surface area (Å²) in [6.45, 7) is 9.01. The fourth-order valence-corrected chi connectivity index (χ4v) is 3.91. The molecule has 1 heterocycles. The molecule has 2 rings (SSSR count). The van der Waals surface area contributed by atoms with Crippen LogP contribution in [0, 0.1) is 0 Å². The number of hydrogen-bond donors (Lipinski definition) is 1. The first-order valence-electron chi connectivity index (χ1n) is 8.26. The Hall–Kier alpha value is -0.910. The summed E-state index contributed by atoms with van der Waals surface area (Å²) in [5.74, 6) is 0. The molecule has 1 fully saturated rings. The molecule has 1 aliphatic heterocycles. The number of sulfone groups is 1. The average molecular weight is 324 g/mol. The van der Waals surface area contributed by atoms with Crippen molar-refractivity contribution >= 4 is 9.84 Å². The Labute approximate surface area is 134 Å². The molecule has 4 nitrogen and oxygen atoms in total. The Balaban J connectivity index is 1.90. The van der Waals surface area contributed by atoms with Crippen molar-refractivity contribution in [3.05, 3.63) is 29.8 Å². The van der Waals surface area contributed by atoms with Crippen molar-refractivity contribution in [2.24, 2.45) is 0 Å². The van der Waals surface area contributed by atoms with Crippen molar-refractivity contribution in [2.75, 3.05) is 32.7 Å². The average Bonchev–Trinajstić information content (AvgIpc) is 2.76. The second kappa shape index (κ2) is 8.09. The van der Waals surface area contributed by atoms with Gasteiger partial charge >= 0.3 is 0 Å². The highest BCUT2D eigenvalue weighted by Crippen LogP contribution is 2.18. The quantitative estimate of drug-likeness (QED) is 0.870. The Morgan fingerprint density at radius 1 is 1.23 bits per heavy atom. The number of benzene rings is 1. The standard InChI is InChI=1S/C17H28N2O2S/c1-15(2)22(20,21)17-8-3-6-16(14-17)7-4-11-19-12-5-9-18-10-13-19/h3,6,8,14-15,18H,4-5,7,9-13H2,1-2H3. The van der Waals surface area contributed by atoms with Gasteiger partial charge in [0.1, 0.15) is 0 Å². The van der Waals surface area contributed by atoms with Gasteiger partial charge in [0.25, 0.3) is 0 Å². The van der Waals surface area contributed by atoms with E-state index < -0.39 is 9.84 Å². The van der Waals surface area contributed by atoms with E-state index in [4.69, 9.17) is 0 Å². The maximum absolute atomic E-state index is 12.2. The molecule has 0 amide bonds.